The highest BCUT2D eigenvalue weighted by Gasteiger charge is 2.41. The number of nitrogens with one attached hydrogen (secondary N) is 1. The highest BCUT2D eigenvalue weighted by Crippen LogP contribution is 2.49. The Morgan fingerprint density at radius 1 is 1.43 bits per heavy atom. The third-order valence-corrected chi connectivity index (χ3v) is 5.24. The molecule has 0 saturated heterocycles. The van der Waals surface area contributed by atoms with Crippen molar-refractivity contribution in [3.05, 3.63) is 11.1 Å². The van der Waals surface area contributed by atoms with Crippen LogP contribution in [0.4, 0.5) is 5.13 Å². The van der Waals surface area contributed by atoms with Gasteiger partial charge in [0.05, 0.1) is 18.7 Å². The first kappa shape index (κ1) is 14.8. The SMILES string of the molecule is CCOC(=O)CCc1csc(NCC(C2CC2)C2CC2)n1. The zero-order chi connectivity index (χ0) is 14.7. The lowest BCUT2D eigenvalue weighted by atomic mass is 9.98. The molecule has 0 aliphatic heterocycles. The Kier molecular flexibility index (Phi) is 4.78. The molecule has 2 aliphatic rings. The summed E-state index contributed by atoms with van der Waals surface area (Å²) in [6.07, 6.45) is 6.78. The van der Waals surface area contributed by atoms with E-state index in [4.69, 9.17) is 4.74 Å². The molecule has 1 aromatic heterocycles. The van der Waals surface area contributed by atoms with E-state index in [0.29, 0.717) is 19.4 Å². The van der Waals surface area contributed by atoms with Gasteiger partial charge in [0, 0.05) is 18.3 Å². The second-order valence-electron chi connectivity index (χ2n) is 6.17. The van der Waals surface area contributed by atoms with Crippen molar-refractivity contribution >= 4 is 22.4 Å². The zero-order valence-corrected chi connectivity index (χ0v) is 13.5. The summed E-state index contributed by atoms with van der Waals surface area (Å²) >= 11 is 1.65. The lowest BCUT2D eigenvalue weighted by Crippen LogP contribution is -2.18. The number of nitrogens with zero attached hydrogens (tertiary/aromatic N) is 1. The summed E-state index contributed by atoms with van der Waals surface area (Å²) in [7, 11) is 0. The number of ether oxygens (including phenoxy) is 1. The van der Waals surface area contributed by atoms with Crippen molar-refractivity contribution in [3.63, 3.8) is 0 Å². The van der Waals surface area contributed by atoms with E-state index in [1.807, 2.05) is 12.3 Å². The quantitative estimate of drug-likeness (QED) is 0.710. The Balaban J connectivity index is 1.42. The Labute approximate surface area is 130 Å². The van der Waals surface area contributed by atoms with Crippen molar-refractivity contribution in [1.29, 1.82) is 0 Å². The number of carbonyl (C=O) groups is 1. The maximum atomic E-state index is 11.3. The molecule has 116 valence electrons. The lowest BCUT2D eigenvalue weighted by Gasteiger charge is -2.15. The van der Waals surface area contributed by atoms with E-state index < -0.39 is 0 Å². The first-order valence-electron chi connectivity index (χ1n) is 8.10. The van der Waals surface area contributed by atoms with Gasteiger partial charge in [-0.25, -0.2) is 4.98 Å². The second-order valence-corrected chi connectivity index (χ2v) is 7.03. The Bertz CT molecular complexity index is 468. The molecule has 1 heterocycles. The summed E-state index contributed by atoms with van der Waals surface area (Å²) in [6.45, 7) is 3.35. The minimum absolute atomic E-state index is 0.137. The number of aromatic nitrogens is 1. The molecule has 0 spiro atoms. The molecule has 0 unspecified atom stereocenters. The van der Waals surface area contributed by atoms with Crippen LogP contribution >= 0.6 is 11.3 Å². The zero-order valence-electron chi connectivity index (χ0n) is 12.6. The summed E-state index contributed by atoms with van der Waals surface area (Å²) in [5, 5.41) is 6.56. The van der Waals surface area contributed by atoms with Crippen LogP contribution in [-0.4, -0.2) is 24.1 Å². The molecule has 2 fully saturated rings. The van der Waals surface area contributed by atoms with Crippen molar-refractivity contribution < 1.29 is 9.53 Å². The molecule has 1 aromatic rings. The van der Waals surface area contributed by atoms with Gasteiger partial charge in [0.1, 0.15) is 0 Å². The highest BCUT2D eigenvalue weighted by atomic mass is 32.1. The van der Waals surface area contributed by atoms with Gasteiger partial charge in [0.15, 0.2) is 5.13 Å². The fourth-order valence-electron chi connectivity index (χ4n) is 2.94. The largest absolute Gasteiger partial charge is 0.466 e. The van der Waals surface area contributed by atoms with Crippen LogP contribution in [0.15, 0.2) is 5.38 Å². The van der Waals surface area contributed by atoms with Crippen LogP contribution in [-0.2, 0) is 16.0 Å². The minimum Gasteiger partial charge on any atom is -0.466 e. The first-order chi connectivity index (χ1) is 10.3. The molecular formula is C16H24N2O2S. The van der Waals surface area contributed by atoms with Crippen LogP contribution in [0.1, 0.15) is 44.7 Å². The van der Waals surface area contributed by atoms with Gasteiger partial charge in [-0.15, -0.1) is 11.3 Å². The number of esters is 1. The van der Waals surface area contributed by atoms with E-state index in [1.54, 1.807) is 11.3 Å². The number of carbonyl (C=O) groups excluding carboxylic acids is 1. The van der Waals surface area contributed by atoms with Gasteiger partial charge >= 0.3 is 5.97 Å². The molecule has 0 radical (unpaired) electrons. The maximum absolute atomic E-state index is 11.3. The molecular weight excluding hydrogens is 284 g/mol. The predicted molar refractivity (Wildman–Crippen MR) is 84.5 cm³/mol. The van der Waals surface area contributed by atoms with Gasteiger partial charge in [-0.2, -0.15) is 0 Å². The number of rotatable bonds is 9. The molecule has 0 atom stereocenters. The van der Waals surface area contributed by atoms with Crippen molar-refractivity contribution in [2.24, 2.45) is 17.8 Å². The molecule has 0 bridgehead atoms. The molecule has 5 heteroatoms. The molecule has 3 rings (SSSR count). The topological polar surface area (TPSA) is 51.2 Å². The summed E-state index contributed by atoms with van der Waals surface area (Å²) in [5.74, 6) is 2.65. The maximum Gasteiger partial charge on any atom is 0.306 e. The van der Waals surface area contributed by atoms with E-state index in [9.17, 15) is 4.79 Å². The Hall–Kier alpha value is -1.10. The Morgan fingerprint density at radius 2 is 2.14 bits per heavy atom. The van der Waals surface area contributed by atoms with Crippen molar-refractivity contribution in [2.45, 2.75) is 45.4 Å². The Morgan fingerprint density at radius 3 is 2.76 bits per heavy atom. The third-order valence-electron chi connectivity index (χ3n) is 4.39. The fourth-order valence-corrected chi connectivity index (χ4v) is 3.69. The first-order valence-corrected chi connectivity index (χ1v) is 8.98. The van der Waals surface area contributed by atoms with Crippen molar-refractivity contribution in [3.8, 4) is 0 Å². The average Bonchev–Trinajstić information content (AvgIpc) is 3.38. The van der Waals surface area contributed by atoms with E-state index in [1.165, 1.54) is 25.7 Å². The van der Waals surface area contributed by atoms with Crippen molar-refractivity contribution in [1.82, 2.24) is 4.98 Å². The van der Waals surface area contributed by atoms with Gasteiger partial charge in [-0.05, 0) is 50.4 Å². The van der Waals surface area contributed by atoms with E-state index in [2.05, 4.69) is 10.3 Å². The van der Waals surface area contributed by atoms with Gasteiger partial charge in [-0.1, -0.05) is 0 Å². The highest BCUT2D eigenvalue weighted by molar-refractivity contribution is 7.13. The molecule has 21 heavy (non-hydrogen) atoms. The molecule has 4 nitrogen and oxygen atoms in total. The smallest absolute Gasteiger partial charge is 0.306 e. The lowest BCUT2D eigenvalue weighted by molar-refractivity contribution is -0.143. The molecule has 1 N–H and O–H groups in total. The number of anilines is 1. The van der Waals surface area contributed by atoms with Crippen LogP contribution < -0.4 is 5.32 Å². The van der Waals surface area contributed by atoms with Gasteiger partial charge < -0.3 is 10.1 Å². The van der Waals surface area contributed by atoms with Crippen LogP contribution in [0.2, 0.25) is 0 Å². The molecule has 2 aliphatic carbocycles. The van der Waals surface area contributed by atoms with E-state index >= 15 is 0 Å². The molecule has 2 saturated carbocycles. The minimum atomic E-state index is -0.137. The van der Waals surface area contributed by atoms with Crippen molar-refractivity contribution in [2.75, 3.05) is 18.5 Å². The van der Waals surface area contributed by atoms with E-state index in [0.717, 1.165) is 35.1 Å². The molecule has 0 amide bonds. The summed E-state index contributed by atoms with van der Waals surface area (Å²) in [4.78, 5) is 15.9. The number of aryl methyl sites for hydroxylation is 1. The number of hydrogen-bond donors (Lipinski definition) is 1. The summed E-state index contributed by atoms with van der Waals surface area (Å²) < 4.78 is 4.94. The standard InChI is InChI=1S/C16H24N2O2S/c1-2-20-15(19)8-7-13-10-21-16(18-13)17-9-14(11-3-4-11)12-5-6-12/h10-12,14H,2-9H2,1H3,(H,17,18). The number of thiazole rings is 1. The fraction of sp³-hybridized carbons (Fsp3) is 0.750. The van der Waals surface area contributed by atoms with Crippen LogP contribution in [0.3, 0.4) is 0 Å². The normalized spacial score (nSPS) is 18.0. The number of hydrogen-bond acceptors (Lipinski definition) is 5. The van der Waals surface area contributed by atoms with Crippen LogP contribution in [0, 0.1) is 17.8 Å². The molecule has 0 aromatic carbocycles. The second kappa shape index (κ2) is 6.77. The van der Waals surface area contributed by atoms with E-state index in [-0.39, 0.29) is 5.97 Å². The van der Waals surface area contributed by atoms with Crippen LogP contribution in [0.25, 0.3) is 0 Å². The third kappa shape index (κ3) is 4.43. The van der Waals surface area contributed by atoms with Gasteiger partial charge in [-0.3, -0.25) is 4.79 Å². The predicted octanol–water partition coefficient (Wildman–Crippen LogP) is 3.49. The summed E-state index contributed by atoms with van der Waals surface area (Å²) in [5.41, 5.74) is 0.991. The van der Waals surface area contributed by atoms with Gasteiger partial charge in [0.25, 0.3) is 0 Å². The monoisotopic (exact) mass is 308 g/mol. The summed E-state index contributed by atoms with van der Waals surface area (Å²) in [6, 6.07) is 0. The van der Waals surface area contributed by atoms with Gasteiger partial charge in [0.2, 0.25) is 0 Å². The van der Waals surface area contributed by atoms with Crippen LogP contribution in [0.5, 0.6) is 0 Å². The average molecular weight is 308 g/mol.